The van der Waals surface area contributed by atoms with Gasteiger partial charge in [0.25, 0.3) is 15.9 Å². The van der Waals surface area contributed by atoms with Crippen LogP contribution in [0, 0.1) is 13.8 Å². The van der Waals surface area contributed by atoms with Gasteiger partial charge in [0.15, 0.2) is 0 Å². The fourth-order valence-corrected chi connectivity index (χ4v) is 3.57. The molecule has 0 heterocycles. The maximum absolute atomic E-state index is 12.6. The molecule has 0 aliphatic rings. The Morgan fingerprint density at radius 3 is 2.52 bits per heavy atom. The quantitative estimate of drug-likeness (QED) is 0.884. The summed E-state index contributed by atoms with van der Waals surface area (Å²) in [5.74, 6) is -0.236. The first-order valence-corrected chi connectivity index (χ1v) is 8.80. The van der Waals surface area contributed by atoms with Crippen LogP contribution in [0.3, 0.4) is 0 Å². The minimum atomic E-state index is -3.70. The standard InChI is InChI=1S/C17H20N2O3S/c1-4-18-17(20)14-6-5-7-15(11-14)19-23(21,22)16-10-12(2)8-9-13(16)3/h5-11,19H,4H2,1-3H3,(H,18,20). The fourth-order valence-electron chi connectivity index (χ4n) is 2.19. The van der Waals surface area contributed by atoms with E-state index in [-0.39, 0.29) is 10.8 Å². The van der Waals surface area contributed by atoms with E-state index < -0.39 is 10.0 Å². The second-order valence-electron chi connectivity index (χ2n) is 5.31. The molecule has 0 saturated heterocycles. The minimum Gasteiger partial charge on any atom is -0.352 e. The molecule has 2 rings (SSSR count). The molecule has 0 unspecified atom stereocenters. The number of anilines is 1. The van der Waals surface area contributed by atoms with E-state index in [1.807, 2.05) is 19.9 Å². The van der Waals surface area contributed by atoms with Crippen LogP contribution in [0.15, 0.2) is 47.4 Å². The van der Waals surface area contributed by atoms with Gasteiger partial charge in [0.1, 0.15) is 0 Å². The summed E-state index contributed by atoms with van der Waals surface area (Å²) in [7, 11) is -3.70. The molecular weight excluding hydrogens is 312 g/mol. The highest BCUT2D eigenvalue weighted by Gasteiger charge is 2.17. The highest BCUT2D eigenvalue weighted by Crippen LogP contribution is 2.21. The maximum atomic E-state index is 12.6. The van der Waals surface area contributed by atoms with E-state index in [9.17, 15) is 13.2 Å². The van der Waals surface area contributed by atoms with Gasteiger partial charge < -0.3 is 5.32 Å². The molecule has 0 bridgehead atoms. The van der Waals surface area contributed by atoms with Gasteiger partial charge in [-0.25, -0.2) is 8.42 Å². The molecule has 5 nitrogen and oxygen atoms in total. The molecule has 0 aliphatic carbocycles. The van der Waals surface area contributed by atoms with Gasteiger partial charge in [-0.15, -0.1) is 0 Å². The summed E-state index contributed by atoms with van der Waals surface area (Å²) in [6.45, 7) is 5.93. The Balaban J connectivity index is 2.32. The molecule has 0 radical (unpaired) electrons. The van der Waals surface area contributed by atoms with Gasteiger partial charge in [0, 0.05) is 17.8 Å². The molecule has 2 aromatic rings. The molecule has 0 saturated carbocycles. The SMILES string of the molecule is CCNC(=O)c1cccc(NS(=O)(=O)c2cc(C)ccc2C)c1. The number of rotatable bonds is 5. The lowest BCUT2D eigenvalue weighted by Crippen LogP contribution is -2.23. The van der Waals surface area contributed by atoms with E-state index in [0.717, 1.165) is 5.56 Å². The van der Waals surface area contributed by atoms with Crippen LogP contribution >= 0.6 is 0 Å². The van der Waals surface area contributed by atoms with E-state index in [1.165, 1.54) is 6.07 Å². The van der Waals surface area contributed by atoms with Crippen molar-refractivity contribution in [1.29, 1.82) is 0 Å². The average molecular weight is 332 g/mol. The van der Waals surface area contributed by atoms with E-state index in [4.69, 9.17) is 0 Å². The average Bonchev–Trinajstić information content (AvgIpc) is 2.49. The summed E-state index contributed by atoms with van der Waals surface area (Å²) in [6.07, 6.45) is 0. The van der Waals surface area contributed by atoms with Gasteiger partial charge >= 0.3 is 0 Å². The molecule has 0 aromatic heterocycles. The number of benzene rings is 2. The summed E-state index contributed by atoms with van der Waals surface area (Å²) in [5.41, 5.74) is 2.30. The number of sulfonamides is 1. The van der Waals surface area contributed by atoms with Crippen molar-refractivity contribution in [1.82, 2.24) is 5.32 Å². The molecule has 2 aromatic carbocycles. The smallest absolute Gasteiger partial charge is 0.262 e. The van der Waals surface area contributed by atoms with Crippen molar-refractivity contribution in [3.63, 3.8) is 0 Å². The molecule has 0 fully saturated rings. The Morgan fingerprint density at radius 2 is 1.83 bits per heavy atom. The molecule has 2 N–H and O–H groups in total. The van der Waals surface area contributed by atoms with Crippen LogP contribution in [0.4, 0.5) is 5.69 Å². The van der Waals surface area contributed by atoms with Gasteiger partial charge in [-0.2, -0.15) is 0 Å². The summed E-state index contributed by atoms with van der Waals surface area (Å²) in [6, 6.07) is 11.7. The minimum absolute atomic E-state index is 0.236. The number of carbonyl (C=O) groups is 1. The zero-order chi connectivity index (χ0) is 17.0. The third kappa shape index (κ3) is 4.10. The molecule has 1 amide bonds. The lowest BCUT2D eigenvalue weighted by Gasteiger charge is -2.12. The first-order valence-electron chi connectivity index (χ1n) is 7.32. The molecular formula is C17H20N2O3S. The number of aryl methyl sites for hydroxylation is 2. The summed E-state index contributed by atoms with van der Waals surface area (Å²) < 4.78 is 27.7. The third-order valence-electron chi connectivity index (χ3n) is 3.35. The summed E-state index contributed by atoms with van der Waals surface area (Å²) in [5, 5.41) is 2.68. The second-order valence-corrected chi connectivity index (χ2v) is 6.97. The van der Waals surface area contributed by atoms with Crippen LogP contribution in [0.1, 0.15) is 28.4 Å². The first-order chi connectivity index (χ1) is 10.8. The van der Waals surface area contributed by atoms with Crippen molar-refractivity contribution in [2.45, 2.75) is 25.7 Å². The Hall–Kier alpha value is -2.34. The van der Waals surface area contributed by atoms with Crippen LogP contribution in [0.5, 0.6) is 0 Å². The molecule has 0 spiro atoms. The summed E-state index contributed by atoms with van der Waals surface area (Å²) in [4.78, 5) is 12.1. The Morgan fingerprint density at radius 1 is 1.09 bits per heavy atom. The third-order valence-corrected chi connectivity index (χ3v) is 4.87. The Bertz CT molecular complexity index is 829. The zero-order valence-corrected chi connectivity index (χ0v) is 14.2. The number of hydrogen-bond acceptors (Lipinski definition) is 3. The second kappa shape index (κ2) is 6.83. The number of hydrogen-bond donors (Lipinski definition) is 2. The van der Waals surface area contributed by atoms with Crippen LogP contribution in [-0.2, 0) is 10.0 Å². The molecule has 23 heavy (non-hydrogen) atoms. The number of carbonyl (C=O) groups excluding carboxylic acids is 1. The van der Waals surface area contributed by atoms with Crippen LogP contribution in [0.2, 0.25) is 0 Å². The van der Waals surface area contributed by atoms with Crippen molar-refractivity contribution >= 4 is 21.6 Å². The van der Waals surface area contributed by atoms with Gasteiger partial charge in [-0.1, -0.05) is 18.2 Å². The molecule has 122 valence electrons. The van der Waals surface area contributed by atoms with Crippen LogP contribution in [0.25, 0.3) is 0 Å². The van der Waals surface area contributed by atoms with Gasteiger partial charge in [0.05, 0.1) is 4.90 Å². The zero-order valence-electron chi connectivity index (χ0n) is 13.4. The highest BCUT2D eigenvalue weighted by molar-refractivity contribution is 7.92. The van der Waals surface area contributed by atoms with Gasteiger partial charge in [-0.3, -0.25) is 9.52 Å². The van der Waals surface area contributed by atoms with Gasteiger partial charge in [-0.05, 0) is 56.2 Å². The first kappa shape index (κ1) is 17.0. The summed E-state index contributed by atoms with van der Waals surface area (Å²) >= 11 is 0. The van der Waals surface area contributed by atoms with Crippen molar-refractivity contribution in [3.8, 4) is 0 Å². The van der Waals surface area contributed by atoms with E-state index in [1.54, 1.807) is 37.3 Å². The lowest BCUT2D eigenvalue weighted by atomic mass is 10.2. The maximum Gasteiger partial charge on any atom is 0.262 e. The van der Waals surface area contributed by atoms with Gasteiger partial charge in [0.2, 0.25) is 0 Å². The predicted molar refractivity (Wildman–Crippen MR) is 91.2 cm³/mol. The monoisotopic (exact) mass is 332 g/mol. The Labute approximate surface area is 136 Å². The van der Waals surface area contributed by atoms with E-state index in [0.29, 0.717) is 23.4 Å². The van der Waals surface area contributed by atoms with Crippen molar-refractivity contribution in [2.75, 3.05) is 11.3 Å². The Kier molecular flexibility index (Phi) is 5.05. The highest BCUT2D eigenvalue weighted by atomic mass is 32.2. The van der Waals surface area contributed by atoms with Crippen LogP contribution < -0.4 is 10.0 Å². The lowest BCUT2D eigenvalue weighted by molar-refractivity contribution is 0.0956. The number of amides is 1. The van der Waals surface area contributed by atoms with Crippen molar-refractivity contribution in [3.05, 3.63) is 59.2 Å². The topological polar surface area (TPSA) is 75.3 Å². The number of nitrogens with one attached hydrogen (secondary N) is 2. The molecule has 0 aliphatic heterocycles. The van der Waals surface area contributed by atoms with E-state index >= 15 is 0 Å². The van der Waals surface area contributed by atoms with Crippen molar-refractivity contribution < 1.29 is 13.2 Å². The fraction of sp³-hybridized carbons (Fsp3) is 0.235. The largest absolute Gasteiger partial charge is 0.352 e. The molecule has 6 heteroatoms. The van der Waals surface area contributed by atoms with Crippen LogP contribution in [-0.4, -0.2) is 20.9 Å². The van der Waals surface area contributed by atoms with E-state index in [2.05, 4.69) is 10.0 Å². The van der Waals surface area contributed by atoms with Crippen molar-refractivity contribution in [2.24, 2.45) is 0 Å². The molecule has 0 atom stereocenters. The predicted octanol–water partition coefficient (Wildman–Crippen LogP) is 2.85. The normalized spacial score (nSPS) is 11.1.